The van der Waals surface area contributed by atoms with Gasteiger partial charge in [-0.3, -0.25) is 5.10 Å². The van der Waals surface area contributed by atoms with Crippen LogP contribution in [0.15, 0.2) is 11.7 Å². The van der Waals surface area contributed by atoms with Crippen LogP contribution in [0.2, 0.25) is 0 Å². The Kier molecular flexibility index (Phi) is 2.55. The fourth-order valence-electron chi connectivity index (χ4n) is 1.13. The van der Waals surface area contributed by atoms with Crippen LogP contribution >= 0.6 is 11.3 Å². The third-order valence-electron chi connectivity index (χ3n) is 1.78. The van der Waals surface area contributed by atoms with Gasteiger partial charge in [0.2, 0.25) is 0 Å². The van der Waals surface area contributed by atoms with Gasteiger partial charge >= 0.3 is 0 Å². The summed E-state index contributed by atoms with van der Waals surface area (Å²) in [6, 6.07) is 0. The molecule has 0 aliphatic carbocycles. The summed E-state index contributed by atoms with van der Waals surface area (Å²) in [6.07, 6.45) is 1.21. The number of hydrogen-bond acceptors (Lipinski definition) is 5. The van der Waals surface area contributed by atoms with E-state index in [4.69, 9.17) is 0 Å². The molecule has 2 N–H and O–H groups in total. The zero-order valence-electron chi connectivity index (χ0n) is 7.64. The Balaban J connectivity index is 2.05. The van der Waals surface area contributed by atoms with Gasteiger partial charge in [0.1, 0.15) is 12.4 Å². The molecule has 74 valence electrons. The van der Waals surface area contributed by atoms with Crippen molar-refractivity contribution < 1.29 is 5.11 Å². The van der Waals surface area contributed by atoms with Crippen molar-refractivity contribution in [3.63, 3.8) is 0 Å². The Bertz CT molecular complexity index is 397. The third kappa shape index (κ3) is 1.97. The van der Waals surface area contributed by atoms with Crippen LogP contribution in [0.3, 0.4) is 0 Å². The molecule has 2 rings (SSSR count). The molecule has 0 saturated carbocycles. The Morgan fingerprint density at radius 3 is 3.07 bits per heavy atom. The number of aromatic nitrogens is 4. The predicted octanol–water partition coefficient (Wildman–Crippen LogP) is 0.846. The molecule has 2 aromatic heterocycles. The van der Waals surface area contributed by atoms with Gasteiger partial charge in [0.15, 0.2) is 5.82 Å². The maximum Gasteiger partial charge on any atom is 0.153 e. The molecule has 1 unspecified atom stereocenters. The average Bonchev–Trinajstić information content (AvgIpc) is 2.75. The van der Waals surface area contributed by atoms with Gasteiger partial charge < -0.3 is 5.11 Å². The first-order valence-electron chi connectivity index (χ1n) is 4.20. The van der Waals surface area contributed by atoms with E-state index in [0.29, 0.717) is 12.2 Å². The van der Waals surface area contributed by atoms with Gasteiger partial charge in [-0.1, -0.05) is 0 Å². The summed E-state index contributed by atoms with van der Waals surface area (Å²) in [6.45, 7) is 1.93. The van der Waals surface area contributed by atoms with Gasteiger partial charge in [0.05, 0.1) is 5.01 Å². The molecule has 5 nitrogen and oxygen atoms in total. The maximum atomic E-state index is 9.71. The van der Waals surface area contributed by atoms with E-state index in [1.165, 1.54) is 6.33 Å². The van der Waals surface area contributed by atoms with Gasteiger partial charge in [-0.15, -0.1) is 11.3 Å². The lowest BCUT2D eigenvalue weighted by molar-refractivity contribution is 0.168. The van der Waals surface area contributed by atoms with Crippen molar-refractivity contribution >= 4 is 11.3 Å². The quantitative estimate of drug-likeness (QED) is 0.787. The van der Waals surface area contributed by atoms with E-state index in [-0.39, 0.29) is 0 Å². The molecule has 0 aliphatic rings. The topological polar surface area (TPSA) is 74.7 Å². The molecule has 0 aliphatic heterocycles. The van der Waals surface area contributed by atoms with E-state index in [1.807, 2.05) is 12.3 Å². The summed E-state index contributed by atoms with van der Waals surface area (Å²) in [5.74, 6) is 0.484. The summed E-state index contributed by atoms with van der Waals surface area (Å²) in [5, 5.41) is 18.9. The van der Waals surface area contributed by atoms with Crippen LogP contribution in [0.5, 0.6) is 0 Å². The molecule has 2 heterocycles. The maximum absolute atomic E-state index is 9.71. The molecule has 0 fully saturated rings. The lowest BCUT2D eigenvalue weighted by Crippen LogP contribution is -2.03. The second kappa shape index (κ2) is 3.85. The highest BCUT2D eigenvalue weighted by Gasteiger charge is 2.13. The largest absolute Gasteiger partial charge is 0.385 e. The normalized spacial score (nSPS) is 13.0. The van der Waals surface area contributed by atoms with Crippen molar-refractivity contribution in [3.05, 3.63) is 28.2 Å². The standard InChI is InChI=1S/C8H10N4OS/c1-5-3-14-7(11-5)2-6(13)8-9-4-10-12-8/h3-4,6,13H,2H2,1H3,(H,9,10,12). The highest BCUT2D eigenvalue weighted by atomic mass is 32.1. The van der Waals surface area contributed by atoms with Crippen LogP contribution in [-0.2, 0) is 6.42 Å². The smallest absolute Gasteiger partial charge is 0.153 e. The Labute approximate surface area is 84.9 Å². The SMILES string of the molecule is Cc1csc(CC(O)c2ncn[nH]2)n1. The van der Waals surface area contributed by atoms with Crippen molar-refractivity contribution in [2.45, 2.75) is 19.4 Å². The molecule has 0 radical (unpaired) electrons. The van der Waals surface area contributed by atoms with Gasteiger partial charge in [0, 0.05) is 17.5 Å². The van der Waals surface area contributed by atoms with Crippen molar-refractivity contribution in [2.24, 2.45) is 0 Å². The second-order valence-corrected chi connectivity index (χ2v) is 3.92. The number of aromatic amines is 1. The molecule has 14 heavy (non-hydrogen) atoms. The van der Waals surface area contributed by atoms with Gasteiger partial charge in [-0.2, -0.15) is 5.10 Å². The third-order valence-corrected chi connectivity index (χ3v) is 2.77. The number of nitrogens with zero attached hydrogens (tertiary/aromatic N) is 3. The van der Waals surface area contributed by atoms with E-state index in [1.54, 1.807) is 11.3 Å². The fraction of sp³-hybridized carbons (Fsp3) is 0.375. The predicted molar refractivity (Wildman–Crippen MR) is 51.9 cm³/mol. The average molecular weight is 210 g/mol. The number of aliphatic hydroxyl groups is 1. The number of thiazole rings is 1. The Morgan fingerprint density at radius 2 is 2.50 bits per heavy atom. The highest BCUT2D eigenvalue weighted by molar-refractivity contribution is 7.09. The molecule has 0 saturated heterocycles. The molecule has 1 atom stereocenters. The number of nitrogens with one attached hydrogen (secondary N) is 1. The van der Waals surface area contributed by atoms with E-state index in [2.05, 4.69) is 20.2 Å². The summed E-state index contributed by atoms with van der Waals surface area (Å²) in [4.78, 5) is 8.14. The van der Waals surface area contributed by atoms with Gasteiger partial charge in [0.25, 0.3) is 0 Å². The van der Waals surface area contributed by atoms with Crippen LogP contribution in [0.4, 0.5) is 0 Å². The van der Waals surface area contributed by atoms with Crippen molar-refractivity contribution in [3.8, 4) is 0 Å². The first-order valence-corrected chi connectivity index (χ1v) is 5.08. The number of aliphatic hydroxyl groups excluding tert-OH is 1. The van der Waals surface area contributed by atoms with E-state index >= 15 is 0 Å². The molecule has 6 heteroatoms. The minimum absolute atomic E-state index is 0.480. The molecule has 0 aromatic carbocycles. The monoisotopic (exact) mass is 210 g/mol. The first-order chi connectivity index (χ1) is 6.75. The summed E-state index contributed by atoms with van der Waals surface area (Å²) in [7, 11) is 0. The first kappa shape index (κ1) is 9.29. The number of H-pyrrole nitrogens is 1. The van der Waals surface area contributed by atoms with E-state index in [0.717, 1.165) is 10.7 Å². The molecule has 2 aromatic rings. The van der Waals surface area contributed by atoms with Crippen molar-refractivity contribution in [1.29, 1.82) is 0 Å². The number of aryl methyl sites for hydroxylation is 1. The summed E-state index contributed by atoms with van der Waals surface area (Å²) >= 11 is 1.54. The van der Waals surface area contributed by atoms with Crippen LogP contribution in [0.1, 0.15) is 22.6 Å². The zero-order chi connectivity index (χ0) is 9.97. The number of hydrogen-bond donors (Lipinski definition) is 2. The van der Waals surface area contributed by atoms with E-state index in [9.17, 15) is 5.11 Å². The summed E-state index contributed by atoms with van der Waals surface area (Å²) < 4.78 is 0. The lowest BCUT2D eigenvalue weighted by Gasteiger charge is -2.03. The fourth-order valence-corrected chi connectivity index (χ4v) is 1.94. The molecule has 0 amide bonds. The zero-order valence-corrected chi connectivity index (χ0v) is 8.45. The number of rotatable bonds is 3. The minimum Gasteiger partial charge on any atom is -0.385 e. The highest BCUT2D eigenvalue weighted by Crippen LogP contribution is 2.17. The molecular weight excluding hydrogens is 200 g/mol. The molecular formula is C8H10N4OS. The Morgan fingerprint density at radius 1 is 1.64 bits per heavy atom. The summed E-state index contributed by atoms with van der Waals surface area (Å²) in [5.41, 5.74) is 0.981. The van der Waals surface area contributed by atoms with Crippen molar-refractivity contribution in [1.82, 2.24) is 20.2 Å². The van der Waals surface area contributed by atoms with Gasteiger partial charge in [-0.25, -0.2) is 9.97 Å². The van der Waals surface area contributed by atoms with Crippen LogP contribution in [-0.4, -0.2) is 25.3 Å². The Hall–Kier alpha value is -1.27. The van der Waals surface area contributed by atoms with Gasteiger partial charge in [-0.05, 0) is 6.92 Å². The second-order valence-electron chi connectivity index (χ2n) is 2.97. The van der Waals surface area contributed by atoms with Crippen LogP contribution in [0, 0.1) is 6.92 Å². The molecule has 0 bridgehead atoms. The van der Waals surface area contributed by atoms with Crippen LogP contribution < -0.4 is 0 Å². The van der Waals surface area contributed by atoms with E-state index < -0.39 is 6.10 Å². The minimum atomic E-state index is -0.650. The van der Waals surface area contributed by atoms with Crippen LogP contribution in [0.25, 0.3) is 0 Å². The van der Waals surface area contributed by atoms with Crippen molar-refractivity contribution in [2.75, 3.05) is 0 Å². The lowest BCUT2D eigenvalue weighted by atomic mass is 10.2. The molecule has 0 spiro atoms.